The Morgan fingerprint density at radius 2 is 1.67 bits per heavy atom. The van der Waals surface area contributed by atoms with Crippen LogP contribution in [0.15, 0.2) is 0 Å². The highest BCUT2D eigenvalue weighted by molar-refractivity contribution is 5.11. The van der Waals surface area contributed by atoms with Crippen LogP contribution in [0.1, 0.15) is 38.5 Å². The Balaban J connectivity index is 1.96. The SMILES string of the molecule is OCC12CCC3CCC(CC1)N32. The third-order valence-corrected chi connectivity index (χ3v) is 4.35. The molecule has 68 valence electrons. The molecule has 0 spiro atoms. The lowest BCUT2D eigenvalue weighted by molar-refractivity contribution is 0.0748. The van der Waals surface area contributed by atoms with Gasteiger partial charge in [0.25, 0.3) is 0 Å². The van der Waals surface area contributed by atoms with Crippen molar-refractivity contribution in [3.63, 3.8) is 0 Å². The molecule has 0 radical (unpaired) electrons. The second-order valence-electron chi connectivity index (χ2n) is 4.75. The van der Waals surface area contributed by atoms with Crippen molar-refractivity contribution in [2.24, 2.45) is 0 Å². The summed E-state index contributed by atoms with van der Waals surface area (Å²) >= 11 is 0. The maximum Gasteiger partial charge on any atom is 0.0615 e. The molecule has 3 rings (SSSR count). The molecule has 2 nitrogen and oxygen atoms in total. The average molecular weight is 167 g/mol. The first-order valence-corrected chi connectivity index (χ1v) is 5.25. The summed E-state index contributed by atoms with van der Waals surface area (Å²) in [5, 5.41) is 9.45. The van der Waals surface area contributed by atoms with Gasteiger partial charge in [-0.15, -0.1) is 0 Å². The summed E-state index contributed by atoms with van der Waals surface area (Å²) in [6, 6.07) is 1.68. The molecule has 2 unspecified atom stereocenters. The van der Waals surface area contributed by atoms with Gasteiger partial charge in [0.05, 0.1) is 6.61 Å². The van der Waals surface area contributed by atoms with E-state index in [4.69, 9.17) is 0 Å². The second-order valence-corrected chi connectivity index (χ2v) is 4.75. The first kappa shape index (κ1) is 7.34. The van der Waals surface area contributed by atoms with Crippen LogP contribution in [-0.4, -0.2) is 34.2 Å². The Labute approximate surface area is 73.6 Å². The Kier molecular flexibility index (Phi) is 1.37. The van der Waals surface area contributed by atoms with Gasteiger partial charge >= 0.3 is 0 Å². The van der Waals surface area contributed by atoms with Crippen molar-refractivity contribution in [2.75, 3.05) is 6.61 Å². The zero-order valence-electron chi connectivity index (χ0n) is 7.50. The van der Waals surface area contributed by atoms with E-state index in [1.54, 1.807) is 0 Å². The first-order valence-electron chi connectivity index (χ1n) is 5.25. The van der Waals surface area contributed by atoms with Gasteiger partial charge < -0.3 is 5.11 Å². The molecule has 3 fully saturated rings. The van der Waals surface area contributed by atoms with Gasteiger partial charge in [-0.2, -0.15) is 0 Å². The van der Waals surface area contributed by atoms with Gasteiger partial charge in [0.1, 0.15) is 0 Å². The summed E-state index contributed by atoms with van der Waals surface area (Å²) in [5.41, 5.74) is 0.242. The van der Waals surface area contributed by atoms with Crippen molar-refractivity contribution >= 4 is 0 Å². The minimum absolute atomic E-state index is 0.242. The van der Waals surface area contributed by atoms with Crippen LogP contribution in [0.25, 0.3) is 0 Å². The maximum absolute atomic E-state index is 9.45. The van der Waals surface area contributed by atoms with Crippen molar-refractivity contribution in [2.45, 2.75) is 56.1 Å². The fraction of sp³-hybridized carbons (Fsp3) is 1.00. The van der Waals surface area contributed by atoms with E-state index in [9.17, 15) is 5.11 Å². The monoisotopic (exact) mass is 167 g/mol. The lowest BCUT2D eigenvalue weighted by Crippen LogP contribution is -2.45. The molecule has 0 aliphatic carbocycles. The number of aliphatic hydroxyl groups is 1. The van der Waals surface area contributed by atoms with Crippen LogP contribution in [0.2, 0.25) is 0 Å². The number of aliphatic hydroxyl groups excluding tert-OH is 1. The van der Waals surface area contributed by atoms with E-state index in [2.05, 4.69) is 4.90 Å². The molecule has 2 heteroatoms. The molecule has 0 aromatic rings. The largest absolute Gasteiger partial charge is 0.394 e. The highest BCUT2D eigenvalue weighted by Crippen LogP contribution is 2.51. The molecule has 3 saturated heterocycles. The van der Waals surface area contributed by atoms with Crippen LogP contribution in [0.3, 0.4) is 0 Å². The zero-order chi connectivity index (χ0) is 8.18. The van der Waals surface area contributed by atoms with Crippen LogP contribution in [0, 0.1) is 0 Å². The molecular formula is C10H17NO. The van der Waals surface area contributed by atoms with Crippen LogP contribution < -0.4 is 0 Å². The van der Waals surface area contributed by atoms with Crippen molar-refractivity contribution < 1.29 is 5.11 Å². The highest BCUT2D eigenvalue weighted by atomic mass is 16.3. The van der Waals surface area contributed by atoms with Gasteiger partial charge in [0.15, 0.2) is 0 Å². The van der Waals surface area contributed by atoms with E-state index in [1.807, 2.05) is 0 Å². The molecule has 0 aromatic heterocycles. The molecule has 0 bridgehead atoms. The standard InChI is InChI=1S/C10H17NO/c12-7-10-5-3-8-1-2-9(4-6-10)11(8)10/h8-9,12H,1-7H2. The molecule has 0 aromatic carbocycles. The Morgan fingerprint density at radius 1 is 1.08 bits per heavy atom. The lowest BCUT2D eigenvalue weighted by atomic mass is 9.95. The zero-order valence-corrected chi connectivity index (χ0v) is 7.50. The van der Waals surface area contributed by atoms with Gasteiger partial charge in [-0.1, -0.05) is 0 Å². The highest BCUT2D eigenvalue weighted by Gasteiger charge is 2.55. The maximum atomic E-state index is 9.45. The quantitative estimate of drug-likeness (QED) is 0.633. The number of hydrogen-bond donors (Lipinski definition) is 1. The second kappa shape index (κ2) is 2.24. The normalized spacial score (nSPS) is 51.8. The molecule has 3 heterocycles. The summed E-state index contributed by atoms with van der Waals surface area (Å²) in [6.07, 6.45) is 7.99. The number of nitrogens with zero attached hydrogens (tertiary/aromatic N) is 1. The van der Waals surface area contributed by atoms with Crippen molar-refractivity contribution in [1.82, 2.24) is 4.90 Å². The van der Waals surface area contributed by atoms with Crippen LogP contribution in [-0.2, 0) is 0 Å². The average Bonchev–Trinajstić information content (AvgIpc) is 2.73. The molecule has 2 atom stereocenters. The molecular weight excluding hydrogens is 150 g/mol. The van der Waals surface area contributed by atoms with Gasteiger partial charge in [0, 0.05) is 17.6 Å². The van der Waals surface area contributed by atoms with Gasteiger partial charge in [-0.3, -0.25) is 4.90 Å². The van der Waals surface area contributed by atoms with Gasteiger partial charge in [-0.05, 0) is 38.5 Å². The lowest BCUT2D eigenvalue weighted by Gasteiger charge is -2.32. The summed E-state index contributed by atoms with van der Waals surface area (Å²) in [4.78, 5) is 2.66. The van der Waals surface area contributed by atoms with Crippen molar-refractivity contribution in [1.29, 1.82) is 0 Å². The van der Waals surface area contributed by atoms with Crippen molar-refractivity contribution in [3.05, 3.63) is 0 Å². The van der Waals surface area contributed by atoms with Crippen LogP contribution in [0.4, 0.5) is 0 Å². The van der Waals surface area contributed by atoms with E-state index in [0.29, 0.717) is 6.61 Å². The Hall–Kier alpha value is -0.0800. The van der Waals surface area contributed by atoms with Crippen LogP contribution >= 0.6 is 0 Å². The Morgan fingerprint density at radius 3 is 2.17 bits per heavy atom. The molecule has 1 N–H and O–H groups in total. The van der Waals surface area contributed by atoms with E-state index in [-0.39, 0.29) is 5.54 Å². The fourth-order valence-corrected chi connectivity index (χ4v) is 3.80. The smallest absolute Gasteiger partial charge is 0.0615 e. The Bertz CT molecular complexity index is 188. The molecule has 0 saturated carbocycles. The molecule has 3 aliphatic rings. The summed E-state index contributed by atoms with van der Waals surface area (Å²) in [5.74, 6) is 0. The van der Waals surface area contributed by atoms with Crippen LogP contribution in [0.5, 0.6) is 0 Å². The molecule has 3 aliphatic heterocycles. The van der Waals surface area contributed by atoms with E-state index in [0.717, 1.165) is 12.1 Å². The van der Waals surface area contributed by atoms with E-state index >= 15 is 0 Å². The predicted molar refractivity (Wildman–Crippen MR) is 46.9 cm³/mol. The first-order chi connectivity index (χ1) is 5.86. The third kappa shape index (κ3) is 0.686. The fourth-order valence-electron chi connectivity index (χ4n) is 3.80. The van der Waals surface area contributed by atoms with E-state index in [1.165, 1.54) is 38.5 Å². The van der Waals surface area contributed by atoms with Gasteiger partial charge in [0.2, 0.25) is 0 Å². The number of rotatable bonds is 1. The summed E-state index contributed by atoms with van der Waals surface area (Å²) in [6.45, 7) is 0.403. The molecule has 12 heavy (non-hydrogen) atoms. The summed E-state index contributed by atoms with van der Waals surface area (Å²) < 4.78 is 0. The topological polar surface area (TPSA) is 23.5 Å². The van der Waals surface area contributed by atoms with E-state index < -0.39 is 0 Å². The minimum atomic E-state index is 0.242. The molecule has 0 amide bonds. The van der Waals surface area contributed by atoms with Crippen molar-refractivity contribution in [3.8, 4) is 0 Å². The van der Waals surface area contributed by atoms with Gasteiger partial charge in [-0.25, -0.2) is 0 Å². The summed E-state index contributed by atoms with van der Waals surface area (Å²) in [7, 11) is 0. The third-order valence-electron chi connectivity index (χ3n) is 4.35. The predicted octanol–water partition coefficient (Wildman–Crippen LogP) is 1.14. The minimum Gasteiger partial charge on any atom is -0.394 e. The number of hydrogen-bond acceptors (Lipinski definition) is 2.